The highest BCUT2D eigenvalue weighted by Crippen LogP contribution is 2.11. The normalized spacial score (nSPS) is 10.4. The van der Waals surface area contributed by atoms with Gasteiger partial charge in [0.15, 0.2) is 17.4 Å². The van der Waals surface area contributed by atoms with E-state index in [1.807, 2.05) is 6.07 Å². The minimum absolute atomic E-state index is 0.313. The molecule has 4 heteroatoms. The number of ketones is 1. The topological polar surface area (TPSA) is 40.9 Å². The first-order valence-corrected chi connectivity index (χ1v) is 5.78. The molecule has 0 aromatic heterocycles. The van der Waals surface area contributed by atoms with Crippen LogP contribution in [0.5, 0.6) is 0 Å². The van der Waals surface area contributed by atoms with Crippen molar-refractivity contribution in [1.29, 1.82) is 5.26 Å². The van der Waals surface area contributed by atoms with Gasteiger partial charge in [0.1, 0.15) is 0 Å². The Kier molecular flexibility index (Phi) is 4.02. The number of rotatable bonds is 3. The Hall–Kier alpha value is -2.80. The van der Waals surface area contributed by atoms with Crippen LogP contribution in [0.2, 0.25) is 0 Å². The molecule has 0 aliphatic rings. The van der Waals surface area contributed by atoms with Gasteiger partial charge in [-0.05, 0) is 35.9 Å². The average Bonchev–Trinajstić information content (AvgIpc) is 2.48. The molecular weight excluding hydrogens is 260 g/mol. The molecule has 98 valence electrons. The monoisotopic (exact) mass is 269 g/mol. The molecular formula is C16H9F2NO. The minimum atomic E-state index is -0.967. The third-order valence-corrected chi connectivity index (χ3v) is 2.65. The molecule has 0 bridgehead atoms. The van der Waals surface area contributed by atoms with Gasteiger partial charge < -0.3 is 0 Å². The highest BCUT2D eigenvalue weighted by Gasteiger charge is 2.04. The van der Waals surface area contributed by atoms with E-state index in [-0.39, 0.29) is 5.78 Å². The van der Waals surface area contributed by atoms with E-state index in [9.17, 15) is 13.6 Å². The largest absolute Gasteiger partial charge is 0.289 e. The summed E-state index contributed by atoms with van der Waals surface area (Å²) in [5, 5.41) is 8.75. The van der Waals surface area contributed by atoms with Crippen LogP contribution < -0.4 is 0 Å². The molecule has 2 aromatic carbocycles. The van der Waals surface area contributed by atoms with Crippen molar-refractivity contribution in [1.82, 2.24) is 0 Å². The van der Waals surface area contributed by atoms with E-state index in [2.05, 4.69) is 0 Å². The first-order valence-electron chi connectivity index (χ1n) is 5.78. The van der Waals surface area contributed by atoms with Gasteiger partial charge in [-0.15, -0.1) is 0 Å². The fourth-order valence-electron chi connectivity index (χ4n) is 1.63. The van der Waals surface area contributed by atoms with Crippen molar-refractivity contribution >= 4 is 11.9 Å². The van der Waals surface area contributed by atoms with Gasteiger partial charge in [0, 0.05) is 5.56 Å². The lowest BCUT2D eigenvalue weighted by molar-refractivity contribution is 0.104. The van der Waals surface area contributed by atoms with Crippen molar-refractivity contribution in [2.75, 3.05) is 0 Å². The predicted octanol–water partition coefficient (Wildman–Crippen LogP) is 3.73. The summed E-state index contributed by atoms with van der Waals surface area (Å²) in [4.78, 5) is 11.9. The molecule has 2 rings (SSSR count). The fraction of sp³-hybridized carbons (Fsp3) is 0. The molecule has 0 fully saturated rings. The Bertz CT molecular complexity index is 729. The molecule has 0 saturated heterocycles. The maximum Gasteiger partial charge on any atom is 0.185 e. The molecule has 2 nitrogen and oxygen atoms in total. The van der Waals surface area contributed by atoms with Crippen molar-refractivity contribution in [3.8, 4) is 6.07 Å². The van der Waals surface area contributed by atoms with E-state index >= 15 is 0 Å². The van der Waals surface area contributed by atoms with Gasteiger partial charge in [-0.2, -0.15) is 5.26 Å². The van der Waals surface area contributed by atoms with E-state index in [1.165, 1.54) is 24.3 Å². The van der Waals surface area contributed by atoms with Crippen LogP contribution >= 0.6 is 0 Å². The van der Waals surface area contributed by atoms with Crippen LogP contribution in [0.1, 0.15) is 21.5 Å². The van der Waals surface area contributed by atoms with Gasteiger partial charge in [-0.1, -0.05) is 24.3 Å². The summed E-state index contributed by atoms with van der Waals surface area (Å²) in [5.74, 6) is -2.21. The molecule has 0 aliphatic heterocycles. The van der Waals surface area contributed by atoms with E-state index < -0.39 is 11.6 Å². The quantitative estimate of drug-likeness (QED) is 0.629. The molecule has 0 aliphatic carbocycles. The average molecular weight is 269 g/mol. The zero-order chi connectivity index (χ0) is 14.5. The molecule has 0 N–H and O–H groups in total. The summed E-state index contributed by atoms with van der Waals surface area (Å²) in [6.07, 6.45) is 2.65. The van der Waals surface area contributed by atoms with Crippen LogP contribution in [-0.4, -0.2) is 5.78 Å². The maximum absolute atomic E-state index is 13.0. The Balaban J connectivity index is 2.20. The summed E-state index contributed by atoms with van der Waals surface area (Å²) in [7, 11) is 0. The molecule has 0 saturated carbocycles. The second-order valence-electron chi connectivity index (χ2n) is 4.06. The lowest BCUT2D eigenvalue weighted by Crippen LogP contribution is -1.94. The smallest absolute Gasteiger partial charge is 0.185 e. The number of benzene rings is 2. The van der Waals surface area contributed by atoms with E-state index in [0.717, 1.165) is 12.1 Å². The SMILES string of the molecule is N#Cc1cccc(C(=O)C=Cc2ccc(F)c(F)c2)c1. The van der Waals surface area contributed by atoms with Crippen molar-refractivity contribution in [3.05, 3.63) is 76.9 Å². The number of hydrogen-bond donors (Lipinski definition) is 0. The third kappa shape index (κ3) is 3.15. The van der Waals surface area contributed by atoms with Crippen molar-refractivity contribution in [2.45, 2.75) is 0 Å². The zero-order valence-electron chi connectivity index (χ0n) is 10.3. The zero-order valence-corrected chi connectivity index (χ0v) is 10.3. The number of hydrogen-bond acceptors (Lipinski definition) is 2. The number of nitriles is 1. The van der Waals surface area contributed by atoms with Gasteiger partial charge in [0.25, 0.3) is 0 Å². The summed E-state index contributed by atoms with van der Waals surface area (Å²) in [5.41, 5.74) is 1.13. The van der Waals surface area contributed by atoms with E-state index in [1.54, 1.807) is 18.2 Å². The molecule has 0 radical (unpaired) electrons. The van der Waals surface area contributed by atoms with Crippen LogP contribution in [0.25, 0.3) is 6.08 Å². The Labute approximate surface area is 114 Å². The predicted molar refractivity (Wildman–Crippen MR) is 70.9 cm³/mol. The Morgan fingerprint density at radius 1 is 1.10 bits per heavy atom. The van der Waals surface area contributed by atoms with Crippen LogP contribution in [0.15, 0.2) is 48.5 Å². The molecule has 0 spiro atoms. The first kappa shape index (κ1) is 13.6. The standard InChI is InChI=1S/C16H9F2NO/c17-14-6-4-11(9-15(14)18)5-7-16(20)13-3-1-2-12(8-13)10-19/h1-9H. The number of carbonyl (C=O) groups is 1. The molecule has 0 heterocycles. The van der Waals surface area contributed by atoms with Gasteiger partial charge >= 0.3 is 0 Å². The van der Waals surface area contributed by atoms with Crippen molar-refractivity contribution < 1.29 is 13.6 Å². The highest BCUT2D eigenvalue weighted by atomic mass is 19.2. The molecule has 20 heavy (non-hydrogen) atoms. The highest BCUT2D eigenvalue weighted by molar-refractivity contribution is 6.06. The second kappa shape index (κ2) is 5.89. The third-order valence-electron chi connectivity index (χ3n) is 2.65. The molecule has 0 amide bonds. The molecule has 0 unspecified atom stereocenters. The van der Waals surface area contributed by atoms with Crippen LogP contribution in [-0.2, 0) is 0 Å². The minimum Gasteiger partial charge on any atom is -0.289 e. The van der Waals surface area contributed by atoms with Crippen molar-refractivity contribution in [2.24, 2.45) is 0 Å². The maximum atomic E-state index is 13.0. The number of allylic oxidation sites excluding steroid dienone is 1. The van der Waals surface area contributed by atoms with Crippen LogP contribution in [0.3, 0.4) is 0 Å². The Morgan fingerprint density at radius 3 is 2.60 bits per heavy atom. The van der Waals surface area contributed by atoms with Gasteiger partial charge in [0.05, 0.1) is 11.6 Å². The van der Waals surface area contributed by atoms with E-state index in [0.29, 0.717) is 16.7 Å². The van der Waals surface area contributed by atoms with Crippen molar-refractivity contribution in [3.63, 3.8) is 0 Å². The first-order chi connectivity index (χ1) is 9.60. The number of nitrogens with zero attached hydrogens (tertiary/aromatic N) is 1. The molecule has 0 atom stereocenters. The molecule has 2 aromatic rings. The second-order valence-corrected chi connectivity index (χ2v) is 4.06. The Morgan fingerprint density at radius 2 is 1.90 bits per heavy atom. The summed E-state index contributed by atoms with van der Waals surface area (Å²) in [6.45, 7) is 0. The number of carbonyl (C=O) groups excluding carboxylic acids is 1. The lowest BCUT2D eigenvalue weighted by atomic mass is 10.1. The fourth-order valence-corrected chi connectivity index (χ4v) is 1.63. The van der Waals surface area contributed by atoms with Gasteiger partial charge in [-0.3, -0.25) is 4.79 Å². The van der Waals surface area contributed by atoms with Crippen LogP contribution in [0.4, 0.5) is 8.78 Å². The van der Waals surface area contributed by atoms with Crippen LogP contribution in [0, 0.1) is 23.0 Å². The lowest BCUT2D eigenvalue weighted by Gasteiger charge is -1.97. The van der Waals surface area contributed by atoms with Gasteiger partial charge in [-0.25, -0.2) is 8.78 Å². The van der Waals surface area contributed by atoms with Gasteiger partial charge in [0.2, 0.25) is 0 Å². The summed E-state index contributed by atoms with van der Waals surface area (Å²) in [6, 6.07) is 11.6. The number of halogens is 2. The van der Waals surface area contributed by atoms with E-state index in [4.69, 9.17) is 5.26 Å². The summed E-state index contributed by atoms with van der Waals surface area (Å²) < 4.78 is 25.7. The summed E-state index contributed by atoms with van der Waals surface area (Å²) >= 11 is 0.